The molecule has 0 aliphatic carbocycles. The summed E-state index contributed by atoms with van der Waals surface area (Å²) in [7, 11) is 1.23. The van der Waals surface area contributed by atoms with Crippen LogP contribution in [0.15, 0.2) is 12.1 Å². The number of pyridine rings is 1. The number of rotatable bonds is 5. The van der Waals surface area contributed by atoms with Gasteiger partial charge in [0.15, 0.2) is 0 Å². The molecule has 4 nitrogen and oxygen atoms in total. The predicted molar refractivity (Wildman–Crippen MR) is 64.5 cm³/mol. The first-order chi connectivity index (χ1) is 8.73. The minimum atomic E-state index is -4.36. The average molecular weight is 276 g/mol. The maximum absolute atomic E-state index is 12.3. The third kappa shape index (κ3) is 4.76. The number of halogens is 3. The fourth-order valence-corrected chi connectivity index (χ4v) is 1.63. The number of aryl methyl sites for hydroxylation is 1. The van der Waals surface area contributed by atoms with Crippen LogP contribution in [0.2, 0.25) is 0 Å². The molecule has 1 rings (SSSR count). The highest BCUT2D eigenvalue weighted by atomic mass is 19.4. The van der Waals surface area contributed by atoms with Gasteiger partial charge in [0, 0.05) is 12.7 Å². The second kappa shape index (κ2) is 5.90. The van der Waals surface area contributed by atoms with Gasteiger partial charge in [-0.05, 0) is 18.6 Å². The molecule has 1 N–H and O–H groups in total. The van der Waals surface area contributed by atoms with Crippen molar-refractivity contribution in [3.05, 3.63) is 23.4 Å². The van der Waals surface area contributed by atoms with Gasteiger partial charge in [-0.15, -0.1) is 0 Å². The monoisotopic (exact) mass is 276 g/mol. The molecule has 0 spiro atoms. The number of nitrogens with zero attached hydrogens (tertiary/aromatic N) is 2. The number of anilines is 1. The number of hydrogen-bond acceptors (Lipinski definition) is 3. The third-order valence-corrected chi connectivity index (χ3v) is 2.43. The van der Waals surface area contributed by atoms with E-state index in [1.165, 1.54) is 13.1 Å². The van der Waals surface area contributed by atoms with Crippen LogP contribution >= 0.6 is 0 Å². The molecule has 0 bridgehead atoms. The van der Waals surface area contributed by atoms with Crippen LogP contribution in [0, 0.1) is 0 Å². The van der Waals surface area contributed by atoms with Crippen LogP contribution < -0.4 is 4.90 Å². The number of carbonyl (C=O) groups is 1. The van der Waals surface area contributed by atoms with Gasteiger partial charge in [0.2, 0.25) is 0 Å². The van der Waals surface area contributed by atoms with E-state index in [-0.39, 0.29) is 11.4 Å². The van der Waals surface area contributed by atoms with Crippen LogP contribution in [0.25, 0.3) is 0 Å². The van der Waals surface area contributed by atoms with E-state index in [0.29, 0.717) is 12.1 Å². The van der Waals surface area contributed by atoms with Crippen LogP contribution in [-0.2, 0) is 6.42 Å². The van der Waals surface area contributed by atoms with Gasteiger partial charge in [0.25, 0.3) is 0 Å². The van der Waals surface area contributed by atoms with Crippen LogP contribution in [0.5, 0.6) is 0 Å². The fraction of sp³-hybridized carbons (Fsp3) is 0.500. The number of aromatic nitrogens is 1. The molecule has 106 valence electrons. The summed E-state index contributed by atoms with van der Waals surface area (Å²) < 4.78 is 36.9. The molecule has 0 unspecified atom stereocenters. The van der Waals surface area contributed by atoms with E-state index in [1.807, 2.05) is 6.92 Å². The predicted octanol–water partition coefficient (Wildman–Crippen LogP) is 2.73. The summed E-state index contributed by atoms with van der Waals surface area (Å²) in [6.07, 6.45) is -3.10. The molecule has 0 atom stereocenters. The van der Waals surface area contributed by atoms with Crippen molar-refractivity contribution in [3.63, 3.8) is 0 Å². The van der Waals surface area contributed by atoms with Crippen molar-refractivity contribution in [3.8, 4) is 0 Å². The average Bonchev–Trinajstić information content (AvgIpc) is 2.26. The molecule has 19 heavy (non-hydrogen) atoms. The zero-order valence-corrected chi connectivity index (χ0v) is 10.7. The molecule has 1 heterocycles. The van der Waals surface area contributed by atoms with Crippen molar-refractivity contribution in [2.75, 3.05) is 18.5 Å². The Balaban J connectivity index is 3.08. The SMILES string of the molecule is CCCc1cc(C(=O)O)cc(N(C)CC(F)(F)F)n1. The molecular formula is C12H15F3N2O2. The summed E-state index contributed by atoms with van der Waals surface area (Å²) in [6, 6.07) is 2.53. The van der Waals surface area contributed by atoms with Crippen molar-refractivity contribution in [1.82, 2.24) is 4.98 Å². The lowest BCUT2D eigenvalue weighted by Crippen LogP contribution is -2.31. The lowest BCUT2D eigenvalue weighted by molar-refractivity contribution is -0.119. The molecule has 0 amide bonds. The molecule has 0 fully saturated rings. The highest BCUT2D eigenvalue weighted by Gasteiger charge is 2.30. The van der Waals surface area contributed by atoms with Crippen molar-refractivity contribution < 1.29 is 23.1 Å². The van der Waals surface area contributed by atoms with Crippen molar-refractivity contribution in [1.29, 1.82) is 0 Å². The van der Waals surface area contributed by atoms with Crippen molar-refractivity contribution in [2.45, 2.75) is 25.9 Å². The molecule has 1 aromatic rings. The van der Waals surface area contributed by atoms with Crippen LogP contribution in [0.1, 0.15) is 29.4 Å². The largest absolute Gasteiger partial charge is 0.478 e. The maximum atomic E-state index is 12.3. The Morgan fingerprint density at radius 3 is 2.53 bits per heavy atom. The lowest BCUT2D eigenvalue weighted by Gasteiger charge is -2.20. The number of hydrogen-bond donors (Lipinski definition) is 1. The van der Waals surface area contributed by atoms with E-state index in [0.717, 1.165) is 17.4 Å². The number of aromatic carboxylic acids is 1. The first kappa shape index (κ1) is 15.3. The van der Waals surface area contributed by atoms with Gasteiger partial charge in [-0.1, -0.05) is 13.3 Å². The maximum Gasteiger partial charge on any atom is 0.405 e. The van der Waals surface area contributed by atoms with Crippen molar-refractivity contribution in [2.24, 2.45) is 0 Å². The summed E-state index contributed by atoms with van der Waals surface area (Å²) in [5.74, 6) is -1.16. The number of carboxylic acid groups (broad SMARTS) is 1. The minimum Gasteiger partial charge on any atom is -0.478 e. The first-order valence-electron chi connectivity index (χ1n) is 5.75. The van der Waals surface area contributed by atoms with Gasteiger partial charge in [-0.3, -0.25) is 0 Å². The van der Waals surface area contributed by atoms with Gasteiger partial charge in [0.1, 0.15) is 12.4 Å². The van der Waals surface area contributed by atoms with E-state index >= 15 is 0 Å². The van der Waals surface area contributed by atoms with Crippen molar-refractivity contribution >= 4 is 11.8 Å². The molecule has 0 aliphatic heterocycles. The number of alkyl halides is 3. The second-order valence-corrected chi connectivity index (χ2v) is 4.23. The normalized spacial score (nSPS) is 11.4. The van der Waals surface area contributed by atoms with E-state index in [4.69, 9.17) is 5.11 Å². The highest BCUT2D eigenvalue weighted by Crippen LogP contribution is 2.21. The molecule has 0 saturated carbocycles. The summed E-state index contributed by atoms with van der Waals surface area (Å²) in [5.41, 5.74) is 0.425. The Kier molecular flexibility index (Phi) is 4.74. The van der Waals surface area contributed by atoms with Gasteiger partial charge in [-0.2, -0.15) is 13.2 Å². The van der Waals surface area contributed by atoms with E-state index in [1.54, 1.807) is 0 Å². The zero-order valence-electron chi connectivity index (χ0n) is 10.7. The Bertz CT molecular complexity index is 461. The van der Waals surface area contributed by atoms with Gasteiger partial charge >= 0.3 is 12.1 Å². The Morgan fingerprint density at radius 1 is 1.42 bits per heavy atom. The smallest absolute Gasteiger partial charge is 0.405 e. The topological polar surface area (TPSA) is 53.4 Å². The summed E-state index contributed by atoms with van der Waals surface area (Å²) in [4.78, 5) is 15.9. The van der Waals surface area contributed by atoms with Gasteiger partial charge < -0.3 is 10.0 Å². The number of carboxylic acids is 1. The first-order valence-corrected chi connectivity index (χ1v) is 5.75. The lowest BCUT2D eigenvalue weighted by atomic mass is 10.1. The summed E-state index contributed by atoms with van der Waals surface area (Å²) in [6.45, 7) is 0.711. The summed E-state index contributed by atoms with van der Waals surface area (Å²) >= 11 is 0. The molecule has 0 saturated heterocycles. The molecule has 0 aliphatic rings. The standard InChI is InChI=1S/C12H15F3N2O2/c1-3-4-9-5-8(11(18)19)6-10(16-9)17(2)7-12(13,14)15/h5-6H,3-4,7H2,1-2H3,(H,18,19). The second-order valence-electron chi connectivity index (χ2n) is 4.23. The molecule has 0 radical (unpaired) electrons. The van der Waals surface area contributed by atoms with E-state index in [2.05, 4.69) is 4.98 Å². The highest BCUT2D eigenvalue weighted by molar-refractivity contribution is 5.88. The molecular weight excluding hydrogens is 261 g/mol. The molecule has 1 aromatic heterocycles. The van der Waals surface area contributed by atoms with Crippen LogP contribution in [0.3, 0.4) is 0 Å². The van der Waals surface area contributed by atoms with Gasteiger partial charge in [-0.25, -0.2) is 9.78 Å². The fourth-order valence-electron chi connectivity index (χ4n) is 1.63. The Labute approximate surface area is 108 Å². The third-order valence-electron chi connectivity index (χ3n) is 2.43. The van der Waals surface area contributed by atoms with E-state index < -0.39 is 18.7 Å². The molecule has 0 aromatic carbocycles. The van der Waals surface area contributed by atoms with Gasteiger partial charge in [0.05, 0.1) is 5.56 Å². The quantitative estimate of drug-likeness (QED) is 0.898. The molecule has 7 heteroatoms. The van der Waals surface area contributed by atoms with E-state index in [9.17, 15) is 18.0 Å². The minimum absolute atomic E-state index is 0.0145. The Hall–Kier alpha value is -1.79. The van der Waals surface area contributed by atoms with Crippen LogP contribution in [0.4, 0.5) is 19.0 Å². The van der Waals surface area contributed by atoms with Crippen LogP contribution in [-0.4, -0.2) is 35.8 Å². The Morgan fingerprint density at radius 2 is 2.05 bits per heavy atom. The summed E-state index contributed by atoms with van der Waals surface area (Å²) in [5, 5.41) is 8.95. The zero-order chi connectivity index (χ0) is 14.6.